The Morgan fingerprint density at radius 2 is 1.72 bits per heavy atom. The molecule has 106 valence electrons. The van der Waals surface area contributed by atoms with Gasteiger partial charge in [-0.25, -0.2) is 0 Å². The molecule has 3 N–H and O–H groups in total. The maximum atomic E-state index is 12.5. The van der Waals surface area contributed by atoms with Crippen LogP contribution in [0.2, 0.25) is 0 Å². The van der Waals surface area contributed by atoms with Crippen LogP contribution in [0.5, 0.6) is 0 Å². The van der Waals surface area contributed by atoms with Crippen molar-refractivity contribution >= 4 is 11.9 Å². The second kappa shape index (κ2) is 5.69. The summed E-state index contributed by atoms with van der Waals surface area (Å²) in [7, 11) is 0. The Labute approximate surface area is 109 Å². The molecule has 5 nitrogen and oxygen atoms in total. The van der Waals surface area contributed by atoms with Gasteiger partial charge < -0.3 is 15.7 Å². The van der Waals surface area contributed by atoms with E-state index in [9.17, 15) is 9.59 Å². The van der Waals surface area contributed by atoms with Crippen LogP contribution in [0.4, 0.5) is 0 Å². The van der Waals surface area contributed by atoms with Crippen LogP contribution in [-0.4, -0.2) is 40.5 Å². The summed E-state index contributed by atoms with van der Waals surface area (Å²) in [6.45, 7) is 11.3. The van der Waals surface area contributed by atoms with Crippen molar-refractivity contribution < 1.29 is 14.7 Å². The largest absolute Gasteiger partial charge is 0.481 e. The summed E-state index contributed by atoms with van der Waals surface area (Å²) in [6, 6.07) is 0. The van der Waals surface area contributed by atoms with Gasteiger partial charge in [-0.1, -0.05) is 6.92 Å². The predicted octanol–water partition coefficient (Wildman–Crippen LogP) is 1.32. The second-order valence-corrected chi connectivity index (χ2v) is 5.93. The van der Waals surface area contributed by atoms with Gasteiger partial charge in [0, 0.05) is 18.6 Å². The quantitative estimate of drug-likeness (QED) is 0.752. The van der Waals surface area contributed by atoms with Gasteiger partial charge in [-0.05, 0) is 34.6 Å². The number of carboxylic acid groups (broad SMARTS) is 1. The highest BCUT2D eigenvalue weighted by Crippen LogP contribution is 2.30. The van der Waals surface area contributed by atoms with Gasteiger partial charge in [0.2, 0.25) is 5.91 Å². The van der Waals surface area contributed by atoms with Crippen LogP contribution in [0.15, 0.2) is 0 Å². The molecule has 0 aliphatic heterocycles. The summed E-state index contributed by atoms with van der Waals surface area (Å²) in [6.07, 6.45) is 0. The molecule has 18 heavy (non-hydrogen) atoms. The fourth-order valence-corrected chi connectivity index (χ4v) is 1.44. The third kappa shape index (κ3) is 3.70. The van der Waals surface area contributed by atoms with Gasteiger partial charge in [0.1, 0.15) is 0 Å². The first-order chi connectivity index (χ1) is 7.95. The van der Waals surface area contributed by atoms with Gasteiger partial charge >= 0.3 is 5.97 Å². The van der Waals surface area contributed by atoms with Crippen molar-refractivity contribution in [1.82, 2.24) is 4.90 Å². The smallest absolute Gasteiger partial charge is 0.308 e. The molecule has 0 bridgehead atoms. The number of amides is 1. The van der Waals surface area contributed by atoms with E-state index in [4.69, 9.17) is 10.8 Å². The van der Waals surface area contributed by atoms with Gasteiger partial charge in [0.05, 0.1) is 11.3 Å². The monoisotopic (exact) mass is 258 g/mol. The number of rotatable bonds is 6. The van der Waals surface area contributed by atoms with Gasteiger partial charge in [-0.3, -0.25) is 9.59 Å². The molecule has 0 saturated carbocycles. The van der Waals surface area contributed by atoms with Crippen LogP contribution < -0.4 is 5.73 Å². The minimum absolute atomic E-state index is 0.106. The van der Waals surface area contributed by atoms with Crippen LogP contribution >= 0.6 is 0 Å². The zero-order valence-corrected chi connectivity index (χ0v) is 12.3. The van der Waals surface area contributed by atoms with E-state index in [-0.39, 0.29) is 12.5 Å². The topological polar surface area (TPSA) is 83.6 Å². The molecule has 0 spiro atoms. The summed E-state index contributed by atoms with van der Waals surface area (Å²) in [4.78, 5) is 24.9. The molecular formula is C13H26N2O3. The van der Waals surface area contributed by atoms with E-state index in [0.29, 0.717) is 6.54 Å². The van der Waals surface area contributed by atoms with Crippen molar-refractivity contribution in [3.05, 3.63) is 0 Å². The molecule has 0 saturated heterocycles. The van der Waals surface area contributed by atoms with Crippen molar-refractivity contribution in [3.8, 4) is 0 Å². The summed E-state index contributed by atoms with van der Waals surface area (Å²) in [5, 5.41) is 8.91. The highest BCUT2D eigenvalue weighted by atomic mass is 16.4. The molecule has 0 rings (SSSR count). The average Bonchev–Trinajstić information content (AvgIpc) is 2.22. The van der Waals surface area contributed by atoms with Gasteiger partial charge in [-0.2, -0.15) is 0 Å². The number of hydrogen-bond donors (Lipinski definition) is 2. The highest BCUT2D eigenvalue weighted by molar-refractivity contribution is 5.84. The Morgan fingerprint density at radius 1 is 1.28 bits per heavy atom. The van der Waals surface area contributed by atoms with Crippen LogP contribution in [-0.2, 0) is 9.59 Å². The number of carbonyl (C=O) groups excluding carboxylic acids is 1. The van der Waals surface area contributed by atoms with Crippen molar-refractivity contribution in [3.63, 3.8) is 0 Å². The number of nitrogens with two attached hydrogens (primary N) is 1. The number of carboxylic acids is 1. The first-order valence-electron chi connectivity index (χ1n) is 6.26. The molecule has 0 heterocycles. The maximum Gasteiger partial charge on any atom is 0.308 e. The number of nitrogens with zero attached hydrogens (tertiary/aromatic N) is 1. The van der Waals surface area contributed by atoms with Crippen LogP contribution in [0.25, 0.3) is 0 Å². The fourth-order valence-electron chi connectivity index (χ4n) is 1.44. The third-order valence-corrected chi connectivity index (χ3v) is 3.73. The van der Waals surface area contributed by atoms with Crippen LogP contribution in [0.1, 0.15) is 41.5 Å². The van der Waals surface area contributed by atoms with E-state index < -0.39 is 22.8 Å². The molecule has 0 aromatic carbocycles. The zero-order chi connectivity index (χ0) is 14.7. The third-order valence-electron chi connectivity index (χ3n) is 3.73. The predicted molar refractivity (Wildman–Crippen MR) is 71.1 cm³/mol. The first-order valence-corrected chi connectivity index (χ1v) is 6.26. The van der Waals surface area contributed by atoms with E-state index in [1.54, 1.807) is 39.5 Å². The van der Waals surface area contributed by atoms with E-state index in [0.717, 1.165) is 0 Å². The lowest BCUT2D eigenvalue weighted by molar-refractivity contribution is -0.147. The fraction of sp³-hybridized carbons (Fsp3) is 0.846. The van der Waals surface area contributed by atoms with Crippen molar-refractivity contribution in [2.24, 2.45) is 17.1 Å². The summed E-state index contributed by atoms with van der Waals surface area (Å²) in [5.41, 5.74) is 4.64. The van der Waals surface area contributed by atoms with Crippen molar-refractivity contribution in [2.75, 3.05) is 13.1 Å². The van der Waals surface area contributed by atoms with Crippen LogP contribution in [0, 0.1) is 11.3 Å². The van der Waals surface area contributed by atoms with E-state index in [2.05, 4.69) is 0 Å². The van der Waals surface area contributed by atoms with Gasteiger partial charge in [0.25, 0.3) is 0 Å². The minimum atomic E-state index is -0.897. The zero-order valence-electron chi connectivity index (χ0n) is 12.3. The molecule has 0 radical (unpaired) electrons. The Balaban J connectivity index is 4.98. The molecule has 0 aromatic rings. The lowest BCUT2D eigenvalue weighted by atomic mass is 9.74. The Morgan fingerprint density at radius 3 is 2.00 bits per heavy atom. The van der Waals surface area contributed by atoms with Crippen molar-refractivity contribution in [2.45, 2.75) is 47.1 Å². The van der Waals surface area contributed by atoms with Crippen molar-refractivity contribution in [1.29, 1.82) is 0 Å². The molecular weight excluding hydrogens is 232 g/mol. The normalized spacial score (nSPS) is 14.2. The molecule has 1 unspecified atom stereocenters. The highest BCUT2D eigenvalue weighted by Gasteiger charge is 2.42. The Hall–Kier alpha value is -1.10. The standard InChI is InChI=1S/C13H26N2O3/c1-7-15(8-9(2)10(16)17)11(18)12(3,4)13(5,6)14/h9H,7-8,14H2,1-6H3,(H,16,17). The second-order valence-electron chi connectivity index (χ2n) is 5.93. The minimum Gasteiger partial charge on any atom is -0.481 e. The van der Waals surface area contributed by atoms with E-state index in [1.807, 2.05) is 6.92 Å². The number of aliphatic carboxylic acids is 1. The molecule has 0 fully saturated rings. The van der Waals surface area contributed by atoms with Gasteiger partial charge in [0.15, 0.2) is 0 Å². The summed E-state index contributed by atoms with van der Waals surface area (Å²) >= 11 is 0. The lowest BCUT2D eigenvalue weighted by Crippen LogP contribution is -2.57. The Kier molecular flexibility index (Phi) is 5.35. The summed E-state index contributed by atoms with van der Waals surface area (Å²) < 4.78 is 0. The molecule has 0 aliphatic carbocycles. The number of carbonyl (C=O) groups is 2. The maximum absolute atomic E-state index is 12.5. The van der Waals surface area contributed by atoms with Gasteiger partial charge in [-0.15, -0.1) is 0 Å². The molecule has 1 atom stereocenters. The Bertz CT molecular complexity index is 319. The molecule has 5 heteroatoms. The van der Waals surface area contributed by atoms with E-state index in [1.165, 1.54) is 0 Å². The van der Waals surface area contributed by atoms with E-state index >= 15 is 0 Å². The molecule has 0 aromatic heterocycles. The number of hydrogen-bond acceptors (Lipinski definition) is 3. The van der Waals surface area contributed by atoms with Crippen LogP contribution in [0.3, 0.4) is 0 Å². The molecule has 0 aliphatic rings. The SMILES string of the molecule is CCN(CC(C)C(=O)O)C(=O)C(C)(C)C(C)(C)N. The summed E-state index contributed by atoms with van der Waals surface area (Å²) in [5.74, 6) is -1.58. The lowest BCUT2D eigenvalue weighted by Gasteiger charge is -2.40. The first kappa shape index (κ1) is 16.9. The average molecular weight is 258 g/mol. The molecule has 1 amide bonds.